The lowest BCUT2D eigenvalue weighted by Crippen LogP contribution is -2.12. The van der Waals surface area contributed by atoms with Crippen molar-refractivity contribution in [2.75, 3.05) is 9.80 Å². The fourth-order valence-corrected chi connectivity index (χ4v) is 6.12. The Morgan fingerprint density at radius 1 is 0.286 bits per heavy atom. The number of aromatic nitrogens is 2. The molecule has 0 amide bonds. The SMILES string of the molecule is c1ccc(-c2ccccc2-c2nnc(-c3ccc(N(c4ccccc4)c4ccc(N(c5ccccc5)c5ccccc5)cc4)cc3)o2)cc1. The van der Waals surface area contributed by atoms with Gasteiger partial charge in [0.25, 0.3) is 0 Å². The molecule has 0 saturated heterocycles. The molecular formula is C44H32N4O. The van der Waals surface area contributed by atoms with Gasteiger partial charge in [-0.25, -0.2) is 0 Å². The molecule has 1 heterocycles. The number of hydrogen-bond acceptors (Lipinski definition) is 5. The van der Waals surface area contributed by atoms with Crippen LogP contribution in [0.4, 0.5) is 34.1 Å². The van der Waals surface area contributed by atoms with Crippen LogP contribution >= 0.6 is 0 Å². The largest absolute Gasteiger partial charge is 0.416 e. The molecule has 0 N–H and O–H groups in total. The highest BCUT2D eigenvalue weighted by molar-refractivity contribution is 5.82. The molecular weight excluding hydrogens is 601 g/mol. The molecule has 0 aliphatic carbocycles. The third-order valence-electron chi connectivity index (χ3n) is 8.45. The van der Waals surface area contributed by atoms with E-state index in [-0.39, 0.29) is 0 Å². The van der Waals surface area contributed by atoms with E-state index in [2.05, 4.69) is 147 Å². The molecule has 0 fully saturated rings. The minimum Gasteiger partial charge on any atom is -0.416 e. The van der Waals surface area contributed by atoms with Gasteiger partial charge in [-0.2, -0.15) is 0 Å². The summed E-state index contributed by atoms with van der Waals surface area (Å²) in [6.45, 7) is 0. The Balaban J connectivity index is 1.11. The second-order valence-electron chi connectivity index (χ2n) is 11.6. The van der Waals surface area contributed by atoms with Crippen molar-refractivity contribution in [1.82, 2.24) is 10.2 Å². The van der Waals surface area contributed by atoms with Crippen LogP contribution in [0.1, 0.15) is 0 Å². The second-order valence-corrected chi connectivity index (χ2v) is 11.6. The molecule has 5 nitrogen and oxygen atoms in total. The molecule has 1 aromatic heterocycles. The Labute approximate surface area is 286 Å². The summed E-state index contributed by atoms with van der Waals surface area (Å²) in [6, 6.07) is 66.6. The third kappa shape index (κ3) is 6.21. The first-order valence-corrected chi connectivity index (χ1v) is 16.3. The van der Waals surface area contributed by atoms with Crippen molar-refractivity contribution in [3.05, 3.63) is 194 Å². The van der Waals surface area contributed by atoms with Gasteiger partial charge in [-0.05, 0) is 102 Å². The zero-order chi connectivity index (χ0) is 32.8. The molecule has 7 aromatic carbocycles. The Morgan fingerprint density at radius 2 is 0.633 bits per heavy atom. The molecule has 0 atom stereocenters. The van der Waals surface area contributed by atoms with Gasteiger partial charge in [-0.15, -0.1) is 10.2 Å². The van der Waals surface area contributed by atoms with Crippen LogP contribution in [0, 0.1) is 0 Å². The van der Waals surface area contributed by atoms with E-state index >= 15 is 0 Å². The van der Waals surface area contributed by atoms with Gasteiger partial charge < -0.3 is 14.2 Å². The van der Waals surface area contributed by atoms with Crippen molar-refractivity contribution in [1.29, 1.82) is 0 Å². The van der Waals surface area contributed by atoms with Crippen LogP contribution in [0.3, 0.4) is 0 Å². The molecule has 0 unspecified atom stereocenters. The van der Waals surface area contributed by atoms with Crippen molar-refractivity contribution in [3.63, 3.8) is 0 Å². The Hall–Kier alpha value is -6.72. The third-order valence-corrected chi connectivity index (χ3v) is 8.45. The summed E-state index contributed by atoms with van der Waals surface area (Å²) in [5.41, 5.74) is 10.3. The molecule has 234 valence electrons. The van der Waals surface area contributed by atoms with Gasteiger partial charge in [-0.3, -0.25) is 0 Å². The van der Waals surface area contributed by atoms with Crippen LogP contribution in [0.15, 0.2) is 199 Å². The number of anilines is 6. The average Bonchev–Trinajstić information content (AvgIpc) is 3.68. The summed E-state index contributed by atoms with van der Waals surface area (Å²) in [4.78, 5) is 4.51. The highest BCUT2D eigenvalue weighted by Crippen LogP contribution is 2.39. The molecule has 49 heavy (non-hydrogen) atoms. The topological polar surface area (TPSA) is 45.4 Å². The van der Waals surface area contributed by atoms with Crippen LogP contribution in [0.25, 0.3) is 34.0 Å². The smallest absolute Gasteiger partial charge is 0.248 e. The second kappa shape index (κ2) is 13.6. The van der Waals surface area contributed by atoms with E-state index in [0.29, 0.717) is 11.8 Å². The standard InChI is InChI=1S/C44H32N4O/c1-5-15-33(16-6-1)41-23-13-14-24-42(41)44-46-45-43(49-44)34-25-27-38(28-26-34)48(37-21-11-4-12-22-37)40-31-29-39(30-32-40)47(35-17-7-2-8-18-35)36-19-9-3-10-20-36/h1-32H. The number of hydrogen-bond donors (Lipinski definition) is 0. The predicted molar refractivity (Wildman–Crippen MR) is 200 cm³/mol. The maximum absolute atomic E-state index is 6.26. The number of benzene rings is 7. The van der Waals surface area contributed by atoms with Gasteiger partial charge in [0.05, 0.1) is 0 Å². The number of rotatable bonds is 9. The maximum Gasteiger partial charge on any atom is 0.248 e. The number of nitrogens with zero attached hydrogens (tertiary/aromatic N) is 4. The van der Waals surface area contributed by atoms with E-state index in [1.807, 2.05) is 66.7 Å². The van der Waals surface area contributed by atoms with Crippen molar-refractivity contribution < 1.29 is 4.42 Å². The number of para-hydroxylation sites is 3. The van der Waals surface area contributed by atoms with Crippen molar-refractivity contribution in [2.45, 2.75) is 0 Å². The molecule has 8 aromatic rings. The summed E-state index contributed by atoms with van der Waals surface area (Å²) in [5.74, 6) is 0.964. The first-order chi connectivity index (χ1) is 24.3. The zero-order valence-corrected chi connectivity index (χ0v) is 26.7. The summed E-state index contributed by atoms with van der Waals surface area (Å²) in [6.07, 6.45) is 0. The van der Waals surface area contributed by atoms with Gasteiger partial charge in [-0.1, -0.05) is 103 Å². The van der Waals surface area contributed by atoms with Crippen LogP contribution in [0.2, 0.25) is 0 Å². The average molecular weight is 633 g/mol. The van der Waals surface area contributed by atoms with Gasteiger partial charge in [0.1, 0.15) is 0 Å². The zero-order valence-electron chi connectivity index (χ0n) is 26.7. The molecule has 0 bridgehead atoms. The minimum absolute atomic E-state index is 0.474. The normalized spacial score (nSPS) is 10.9. The maximum atomic E-state index is 6.26. The molecule has 0 spiro atoms. The lowest BCUT2D eigenvalue weighted by Gasteiger charge is -2.28. The van der Waals surface area contributed by atoms with Crippen molar-refractivity contribution in [2.24, 2.45) is 0 Å². The quantitative estimate of drug-likeness (QED) is 0.158. The Kier molecular flexibility index (Phi) is 8.21. The van der Waals surface area contributed by atoms with Crippen LogP contribution < -0.4 is 9.80 Å². The molecule has 0 saturated carbocycles. The highest BCUT2D eigenvalue weighted by Gasteiger charge is 2.18. The van der Waals surface area contributed by atoms with Crippen LogP contribution in [0.5, 0.6) is 0 Å². The first-order valence-electron chi connectivity index (χ1n) is 16.3. The molecule has 5 heteroatoms. The minimum atomic E-state index is 0.474. The predicted octanol–water partition coefficient (Wildman–Crippen LogP) is 12.0. The van der Waals surface area contributed by atoms with E-state index in [1.165, 1.54) is 0 Å². The van der Waals surface area contributed by atoms with Gasteiger partial charge in [0.15, 0.2) is 0 Å². The van der Waals surface area contributed by atoms with E-state index in [1.54, 1.807) is 0 Å². The molecule has 0 aliphatic heterocycles. The van der Waals surface area contributed by atoms with E-state index in [4.69, 9.17) is 4.42 Å². The molecule has 8 rings (SSSR count). The van der Waals surface area contributed by atoms with Crippen LogP contribution in [-0.4, -0.2) is 10.2 Å². The summed E-state index contributed by atoms with van der Waals surface area (Å²) in [5, 5.41) is 8.87. The lowest BCUT2D eigenvalue weighted by molar-refractivity contribution is 0.585. The fourth-order valence-electron chi connectivity index (χ4n) is 6.12. The van der Waals surface area contributed by atoms with Gasteiger partial charge in [0, 0.05) is 45.3 Å². The van der Waals surface area contributed by atoms with E-state index < -0.39 is 0 Å². The van der Waals surface area contributed by atoms with Crippen LogP contribution in [-0.2, 0) is 0 Å². The highest BCUT2D eigenvalue weighted by atomic mass is 16.4. The Bertz CT molecular complexity index is 2210. The lowest BCUT2D eigenvalue weighted by atomic mass is 10.00. The monoisotopic (exact) mass is 632 g/mol. The van der Waals surface area contributed by atoms with Crippen molar-refractivity contribution >= 4 is 34.1 Å². The molecule has 0 radical (unpaired) electrons. The first kappa shape index (κ1) is 29.7. The fraction of sp³-hybridized carbons (Fsp3) is 0. The van der Waals surface area contributed by atoms with E-state index in [0.717, 1.165) is 56.4 Å². The Morgan fingerprint density at radius 3 is 1.10 bits per heavy atom. The van der Waals surface area contributed by atoms with Gasteiger partial charge >= 0.3 is 0 Å². The summed E-state index contributed by atoms with van der Waals surface area (Å²) >= 11 is 0. The van der Waals surface area contributed by atoms with Crippen molar-refractivity contribution in [3.8, 4) is 34.0 Å². The van der Waals surface area contributed by atoms with Gasteiger partial charge in [0.2, 0.25) is 11.8 Å². The van der Waals surface area contributed by atoms with E-state index in [9.17, 15) is 0 Å². The molecule has 0 aliphatic rings. The summed E-state index contributed by atoms with van der Waals surface area (Å²) < 4.78 is 6.26. The summed E-state index contributed by atoms with van der Waals surface area (Å²) in [7, 11) is 0.